The van der Waals surface area contributed by atoms with Gasteiger partial charge < -0.3 is 10.1 Å². The zero-order valence-electron chi connectivity index (χ0n) is 13.6. The van der Waals surface area contributed by atoms with Gasteiger partial charge in [0.05, 0.1) is 24.8 Å². The average molecular weight is 325 g/mol. The molecule has 5 nitrogen and oxygen atoms in total. The SMILES string of the molecule is CCN(CC)Cc1csc(CNC(=O)CC2CCCCO2)n1. The van der Waals surface area contributed by atoms with Crippen molar-refractivity contribution in [3.8, 4) is 0 Å². The van der Waals surface area contributed by atoms with E-state index < -0.39 is 0 Å². The molecule has 0 saturated carbocycles. The first kappa shape index (κ1) is 17.4. The Balaban J connectivity index is 1.72. The summed E-state index contributed by atoms with van der Waals surface area (Å²) in [4.78, 5) is 18.9. The molecular weight excluding hydrogens is 298 g/mol. The molecule has 124 valence electrons. The Bertz CT molecular complexity index is 454. The molecule has 0 aliphatic carbocycles. The quantitative estimate of drug-likeness (QED) is 0.798. The molecule has 1 N–H and O–H groups in total. The molecule has 1 saturated heterocycles. The summed E-state index contributed by atoms with van der Waals surface area (Å²) in [7, 11) is 0. The van der Waals surface area contributed by atoms with E-state index in [-0.39, 0.29) is 12.0 Å². The Morgan fingerprint density at radius 1 is 1.45 bits per heavy atom. The number of thiazole rings is 1. The van der Waals surface area contributed by atoms with Crippen LogP contribution in [0.25, 0.3) is 0 Å². The van der Waals surface area contributed by atoms with E-state index in [1.807, 2.05) is 0 Å². The van der Waals surface area contributed by atoms with Gasteiger partial charge in [-0.05, 0) is 32.4 Å². The lowest BCUT2D eigenvalue weighted by atomic mass is 10.1. The largest absolute Gasteiger partial charge is 0.378 e. The number of nitrogens with zero attached hydrogens (tertiary/aromatic N) is 2. The number of nitrogens with one attached hydrogen (secondary N) is 1. The second-order valence-electron chi connectivity index (χ2n) is 5.66. The molecule has 0 spiro atoms. The average Bonchev–Trinajstić information content (AvgIpc) is 2.99. The van der Waals surface area contributed by atoms with Gasteiger partial charge in [-0.15, -0.1) is 11.3 Å². The smallest absolute Gasteiger partial charge is 0.222 e. The molecule has 1 aromatic rings. The maximum Gasteiger partial charge on any atom is 0.222 e. The summed E-state index contributed by atoms with van der Waals surface area (Å²) in [6.07, 6.45) is 3.85. The molecule has 1 unspecified atom stereocenters. The number of hydrogen-bond donors (Lipinski definition) is 1. The third kappa shape index (κ3) is 5.66. The normalized spacial score (nSPS) is 18.6. The minimum absolute atomic E-state index is 0.0624. The predicted molar refractivity (Wildman–Crippen MR) is 88.8 cm³/mol. The molecule has 1 atom stereocenters. The Kier molecular flexibility index (Phi) is 7.29. The second-order valence-corrected chi connectivity index (χ2v) is 6.61. The van der Waals surface area contributed by atoms with Crippen LogP contribution in [0.1, 0.15) is 50.2 Å². The molecule has 0 radical (unpaired) electrons. The molecule has 0 bridgehead atoms. The fraction of sp³-hybridized carbons (Fsp3) is 0.750. The minimum atomic E-state index is 0.0624. The van der Waals surface area contributed by atoms with Crippen molar-refractivity contribution in [1.29, 1.82) is 0 Å². The van der Waals surface area contributed by atoms with Crippen molar-refractivity contribution in [1.82, 2.24) is 15.2 Å². The lowest BCUT2D eigenvalue weighted by Crippen LogP contribution is -2.30. The number of amides is 1. The zero-order valence-corrected chi connectivity index (χ0v) is 14.5. The van der Waals surface area contributed by atoms with Gasteiger partial charge in [0.2, 0.25) is 5.91 Å². The van der Waals surface area contributed by atoms with Crippen molar-refractivity contribution in [2.24, 2.45) is 0 Å². The van der Waals surface area contributed by atoms with Gasteiger partial charge in [0.1, 0.15) is 5.01 Å². The maximum absolute atomic E-state index is 11.9. The lowest BCUT2D eigenvalue weighted by molar-refractivity contribution is -0.125. The molecule has 1 amide bonds. The summed E-state index contributed by atoms with van der Waals surface area (Å²) in [5, 5.41) is 6.02. The van der Waals surface area contributed by atoms with Crippen molar-refractivity contribution in [2.75, 3.05) is 19.7 Å². The summed E-state index contributed by atoms with van der Waals surface area (Å²) < 4.78 is 5.59. The van der Waals surface area contributed by atoms with Gasteiger partial charge >= 0.3 is 0 Å². The molecule has 2 heterocycles. The van der Waals surface area contributed by atoms with E-state index in [4.69, 9.17) is 4.74 Å². The highest BCUT2D eigenvalue weighted by Gasteiger charge is 2.17. The summed E-state index contributed by atoms with van der Waals surface area (Å²) >= 11 is 1.62. The first-order chi connectivity index (χ1) is 10.7. The highest BCUT2D eigenvalue weighted by molar-refractivity contribution is 7.09. The third-order valence-corrected chi connectivity index (χ3v) is 4.90. The van der Waals surface area contributed by atoms with Crippen LogP contribution >= 0.6 is 11.3 Å². The van der Waals surface area contributed by atoms with Gasteiger partial charge in [0.25, 0.3) is 0 Å². The minimum Gasteiger partial charge on any atom is -0.378 e. The summed E-state index contributed by atoms with van der Waals surface area (Å²) in [5.74, 6) is 0.0624. The molecule has 1 aliphatic rings. The Hall–Kier alpha value is -0.980. The van der Waals surface area contributed by atoms with E-state index in [0.717, 1.165) is 49.8 Å². The van der Waals surface area contributed by atoms with Crippen LogP contribution in [0.5, 0.6) is 0 Å². The number of carbonyl (C=O) groups excluding carboxylic acids is 1. The third-order valence-electron chi connectivity index (χ3n) is 4.00. The maximum atomic E-state index is 11.9. The standard InChI is InChI=1S/C16H27N3O2S/c1-3-19(4-2)11-13-12-22-16(18-13)10-17-15(20)9-14-7-5-6-8-21-14/h12,14H,3-11H2,1-2H3,(H,17,20). The van der Waals surface area contributed by atoms with E-state index in [1.165, 1.54) is 6.42 Å². The molecule has 1 aromatic heterocycles. The summed E-state index contributed by atoms with van der Waals surface area (Å²) in [6.45, 7) is 8.57. The highest BCUT2D eigenvalue weighted by atomic mass is 32.1. The first-order valence-electron chi connectivity index (χ1n) is 8.25. The number of rotatable bonds is 8. The number of carbonyl (C=O) groups is 1. The Morgan fingerprint density at radius 3 is 2.95 bits per heavy atom. The van der Waals surface area contributed by atoms with E-state index in [0.29, 0.717) is 13.0 Å². The second kappa shape index (κ2) is 9.22. The predicted octanol–water partition coefficient (Wildman–Crippen LogP) is 2.56. The first-order valence-corrected chi connectivity index (χ1v) is 9.13. The van der Waals surface area contributed by atoms with Crippen LogP contribution in [0, 0.1) is 0 Å². The molecule has 0 aromatic carbocycles. The van der Waals surface area contributed by atoms with Crippen molar-refractivity contribution in [2.45, 2.75) is 58.7 Å². The zero-order chi connectivity index (χ0) is 15.8. The Labute approximate surface area is 137 Å². The van der Waals surface area contributed by atoms with Crippen LogP contribution in [0.4, 0.5) is 0 Å². The lowest BCUT2D eigenvalue weighted by Gasteiger charge is -2.21. The highest BCUT2D eigenvalue weighted by Crippen LogP contribution is 2.16. The molecule has 2 rings (SSSR count). The molecule has 6 heteroatoms. The van der Waals surface area contributed by atoms with Crippen molar-refractivity contribution in [3.05, 3.63) is 16.1 Å². The van der Waals surface area contributed by atoms with Crippen LogP contribution in [0.2, 0.25) is 0 Å². The molecule has 1 fully saturated rings. The van der Waals surface area contributed by atoms with Gasteiger partial charge in [-0.3, -0.25) is 9.69 Å². The number of hydrogen-bond acceptors (Lipinski definition) is 5. The Morgan fingerprint density at radius 2 is 2.27 bits per heavy atom. The van der Waals surface area contributed by atoms with Crippen LogP contribution in [0.3, 0.4) is 0 Å². The van der Waals surface area contributed by atoms with E-state index in [1.54, 1.807) is 11.3 Å². The van der Waals surface area contributed by atoms with Gasteiger partial charge in [0.15, 0.2) is 0 Å². The van der Waals surface area contributed by atoms with Crippen LogP contribution < -0.4 is 5.32 Å². The topological polar surface area (TPSA) is 54.5 Å². The fourth-order valence-corrected chi connectivity index (χ4v) is 3.33. The van der Waals surface area contributed by atoms with Gasteiger partial charge in [0, 0.05) is 18.5 Å². The summed E-state index contributed by atoms with van der Waals surface area (Å²) in [5.41, 5.74) is 1.09. The van der Waals surface area contributed by atoms with Crippen molar-refractivity contribution in [3.63, 3.8) is 0 Å². The van der Waals surface area contributed by atoms with Crippen LogP contribution in [-0.4, -0.2) is 41.6 Å². The van der Waals surface area contributed by atoms with E-state index >= 15 is 0 Å². The van der Waals surface area contributed by atoms with Crippen molar-refractivity contribution >= 4 is 17.2 Å². The van der Waals surface area contributed by atoms with E-state index in [9.17, 15) is 4.79 Å². The van der Waals surface area contributed by atoms with Gasteiger partial charge in [-0.25, -0.2) is 4.98 Å². The molecule has 1 aliphatic heterocycles. The van der Waals surface area contributed by atoms with Crippen molar-refractivity contribution < 1.29 is 9.53 Å². The van der Waals surface area contributed by atoms with Crippen LogP contribution in [0.15, 0.2) is 5.38 Å². The van der Waals surface area contributed by atoms with E-state index in [2.05, 4.69) is 34.4 Å². The molecular formula is C16H27N3O2S. The fourth-order valence-electron chi connectivity index (χ4n) is 2.60. The van der Waals surface area contributed by atoms with Crippen LogP contribution in [-0.2, 0) is 22.6 Å². The van der Waals surface area contributed by atoms with Gasteiger partial charge in [-0.2, -0.15) is 0 Å². The number of ether oxygens (including phenoxy) is 1. The monoisotopic (exact) mass is 325 g/mol. The molecule has 22 heavy (non-hydrogen) atoms. The van der Waals surface area contributed by atoms with Gasteiger partial charge in [-0.1, -0.05) is 13.8 Å². The number of aromatic nitrogens is 1. The summed E-state index contributed by atoms with van der Waals surface area (Å²) in [6, 6.07) is 0.